The highest BCUT2D eigenvalue weighted by Crippen LogP contribution is 2.21. The molecule has 0 amide bonds. The van der Waals surface area contributed by atoms with Gasteiger partial charge in [-0.05, 0) is 17.5 Å². The Morgan fingerprint density at radius 2 is 2.15 bits per heavy atom. The molecule has 0 unspecified atom stereocenters. The van der Waals surface area contributed by atoms with Gasteiger partial charge in [0.05, 0.1) is 0 Å². The first kappa shape index (κ1) is 8.10. The van der Waals surface area contributed by atoms with Crippen molar-refractivity contribution in [3.05, 3.63) is 34.2 Å². The van der Waals surface area contributed by atoms with Gasteiger partial charge >= 0.3 is 0 Å². The van der Waals surface area contributed by atoms with Crippen molar-refractivity contribution in [1.29, 1.82) is 0 Å². The van der Waals surface area contributed by atoms with Crippen LogP contribution in [0.1, 0.15) is 25.3 Å². The van der Waals surface area contributed by atoms with Crippen LogP contribution in [0.4, 0.5) is 0 Å². The number of hydrogen-bond donors (Lipinski definition) is 2. The van der Waals surface area contributed by atoms with E-state index in [0.717, 1.165) is 16.6 Å². The smallest absolute Gasteiger partial charge is 0.249 e. The van der Waals surface area contributed by atoms with E-state index in [1.165, 1.54) is 0 Å². The van der Waals surface area contributed by atoms with Gasteiger partial charge in [-0.2, -0.15) is 0 Å². The van der Waals surface area contributed by atoms with Crippen molar-refractivity contribution in [3.8, 4) is 0 Å². The van der Waals surface area contributed by atoms with E-state index in [9.17, 15) is 4.79 Å². The Morgan fingerprint density at radius 1 is 1.38 bits per heavy atom. The lowest BCUT2D eigenvalue weighted by Gasteiger charge is -2.05. The summed E-state index contributed by atoms with van der Waals surface area (Å²) in [6.45, 7) is 4.17. The molecule has 68 valence electrons. The van der Waals surface area contributed by atoms with Gasteiger partial charge in [0.1, 0.15) is 5.65 Å². The second-order valence-corrected chi connectivity index (χ2v) is 3.51. The van der Waals surface area contributed by atoms with E-state index in [0.29, 0.717) is 5.92 Å². The number of aromatic nitrogens is 2. The molecule has 0 bridgehead atoms. The van der Waals surface area contributed by atoms with E-state index in [2.05, 4.69) is 23.8 Å². The molecule has 2 aromatic heterocycles. The molecule has 0 aliphatic carbocycles. The van der Waals surface area contributed by atoms with Gasteiger partial charge in [-0.15, -0.1) is 0 Å². The molecule has 3 nitrogen and oxygen atoms in total. The zero-order valence-electron chi connectivity index (χ0n) is 7.72. The highest BCUT2D eigenvalue weighted by molar-refractivity contribution is 5.79. The number of fused-ring (bicyclic) bond motifs is 1. The van der Waals surface area contributed by atoms with Crippen molar-refractivity contribution in [3.63, 3.8) is 0 Å². The van der Waals surface area contributed by atoms with Gasteiger partial charge in [-0.1, -0.05) is 13.8 Å². The molecule has 0 radical (unpaired) electrons. The van der Waals surface area contributed by atoms with Crippen molar-refractivity contribution in [2.75, 3.05) is 0 Å². The summed E-state index contributed by atoms with van der Waals surface area (Å²) in [7, 11) is 0. The summed E-state index contributed by atoms with van der Waals surface area (Å²) < 4.78 is 0. The molecule has 2 aromatic rings. The first-order valence-electron chi connectivity index (χ1n) is 4.39. The third-order valence-electron chi connectivity index (χ3n) is 2.21. The molecule has 0 saturated carbocycles. The first-order chi connectivity index (χ1) is 6.18. The highest BCUT2D eigenvalue weighted by Gasteiger charge is 2.06. The normalized spacial score (nSPS) is 11.3. The standard InChI is InChI=1S/C10H12N2O/c1-6(2)8-5-9(13)12-10-7(8)3-4-11-10/h3-6H,1-2H3,(H2,11,12,13). The predicted octanol–water partition coefficient (Wildman–Crippen LogP) is 1.98. The fourth-order valence-corrected chi connectivity index (χ4v) is 1.57. The van der Waals surface area contributed by atoms with E-state index in [4.69, 9.17) is 0 Å². The lowest BCUT2D eigenvalue weighted by Crippen LogP contribution is -2.06. The number of rotatable bonds is 1. The van der Waals surface area contributed by atoms with E-state index in [-0.39, 0.29) is 5.56 Å². The maximum Gasteiger partial charge on any atom is 0.249 e. The highest BCUT2D eigenvalue weighted by atomic mass is 16.1. The molecule has 0 aromatic carbocycles. The Hall–Kier alpha value is -1.51. The molecular formula is C10H12N2O. The molecule has 0 aliphatic heterocycles. The van der Waals surface area contributed by atoms with Crippen molar-refractivity contribution in [2.24, 2.45) is 0 Å². The average Bonchev–Trinajstić information content (AvgIpc) is 2.49. The minimum atomic E-state index is -0.0429. The summed E-state index contributed by atoms with van der Waals surface area (Å²) in [5.74, 6) is 0.376. The van der Waals surface area contributed by atoms with Crippen LogP contribution in [-0.4, -0.2) is 9.97 Å². The Labute approximate surface area is 75.8 Å². The van der Waals surface area contributed by atoms with Crippen molar-refractivity contribution >= 4 is 11.0 Å². The number of pyridine rings is 1. The van der Waals surface area contributed by atoms with Crippen LogP contribution in [0.15, 0.2) is 23.1 Å². The van der Waals surface area contributed by atoms with Crippen LogP contribution in [0.25, 0.3) is 11.0 Å². The third-order valence-corrected chi connectivity index (χ3v) is 2.21. The Bertz CT molecular complexity index is 479. The molecule has 3 heteroatoms. The SMILES string of the molecule is CC(C)c1cc(=O)[nH]c2[nH]ccc12. The molecule has 0 atom stereocenters. The van der Waals surface area contributed by atoms with Crippen LogP contribution in [0, 0.1) is 0 Å². The molecule has 13 heavy (non-hydrogen) atoms. The second kappa shape index (κ2) is 2.76. The number of nitrogens with one attached hydrogen (secondary N) is 2. The van der Waals surface area contributed by atoms with E-state index in [1.807, 2.05) is 12.3 Å². The molecular weight excluding hydrogens is 164 g/mol. The van der Waals surface area contributed by atoms with Crippen LogP contribution in [0.3, 0.4) is 0 Å². The maximum atomic E-state index is 11.2. The molecule has 2 rings (SSSR count). The minimum absolute atomic E-state index is 0.0429. The fraction of sp³-hybridized carbons (Fsp3) is 0.300. The van der Waals surface area contributed by atoms with Crippen molar-refractivity contribution in [1.82, 2.24) is 9.97 Å². The van der Waals surface area contributed by atoms with E-state index in [1.54, 1.807) is 6.07 Å². The third kappa shape index (κ3) is 1.26. The fourth-order valence-electron chi connectivity index (χ4n) is 1.57. The Kier molecular flexibility index (Phi) is 1.72. The largest absolute Gasteiger partial charge is 0.348 e. The first-order valence-corrected chi connectivity index (χ1v) is 4.39. The molecule has 0 saturated heterocycles. The second-order valence-electron chi connectivity index (χ2n) is 3.51. The Balaban J connectivity index is 2.85. The summed E-state index contributed by atoms with van der Waals surface area (Å²) in [5, 5.41) is 1.11. The van der Waals surface area contributed by atoms with Gasteiger partial charge in [0, 0.05) is 17.6 Å². The molecule has 0 aliphatic rings. The topological polar surface area (TPSA) is 48.6 Å². The lowest BCUT2D eigenvalue weighted by atomic mass is 10.0. The summed E-state index contributed by atoms with van der Waals surface area (Å²) in [6.07, 6.45) is 1.84. The van der Waals surface area contributed by atoms with Gasteiger partial charge < -0.3 is 9.97 Å². The average molecular weight is 176 g/mol. The van der Waals surface area contributed by atoms with Crippen LogP contribution in [0.5, 0.6) is 0 Å². The van der Waals surface area contributed by atoms with Gasteiger partial charge in [0.2, 0.25) is 5.56 Å². The minimum Gasteiger partial charge on any atom is -0.348 e. The summed E-state index contributed by atoms with van der Waals surface area (Å²) >= 11 is 0. The molecule has 0 spiro atoms. The zero-order chi connectivity index (χ0) is 9.42. The van der Waals surface area contributed by atoms with Crippen LogP contribution >= 0.6 is 0 Å². The monoisotopic (exact) mass is 176 g/mol. The van der Waals surface area contributed by atoms with E-state index >= 15 is 0 Å². The van der Waals surface area contributed by atoms with Crippen LogP contribution in [0.2, 0.25) is 0 Å². The Morgan fingerprint density at radius 3 is 2.85 bits per heavy atom. The van der Waals surface area contributed by atoms with Gasteiger partial charge in [-0.3, -0.25) is 4.79 Å². The van der Waals surface area contributed by atoms with Crippen LogP contribution < -0.4 is 5.56 Å². The van der Waals surface area contributed by atoms with Crippen LogP contribution in [-0.2, 0) is 0 Å². The van der Waals surface area contributed by atoms with E-state index < -0.39 is 0 Å². The van der Waals surface area contributed by atoms with Gasteiger partial charge in [0.15, 0.2) is 0 Å². The maximum absolute atomic E-state index is 11.2. The quantitative estimate of drug-likeness (QED) is 0.685. The van der Waals surface area contributed by atoms with Crippen molar-refractivity contribution < 1.29 is 0 Å². The van der Waals surface area contributed by atoms with Gasteiger partial charge in [0.25, 0.3) is 0 Å². The molecule has 0 fully saturated rings. The zero-order valence-corrected chi connectivity index (χ0v) is 7.72. The summed E-state index contributed by atoms with van der Waals surface area (Å²) in [5.41, 5.74) is 1.87. The number of H-pyrrole nitrogens is 2. The summed E-state index contributed by atoms with van der Waals surface area (Å²) in [6, 6.07) is 3.65. The van der Waals surface area contributed by atoms with Gasteiger partial charge in [-0.25, -0.2) is 0 Å². The summed E-state index contributed by atoms with van der Waals surface area (Å²) in [4.78, 5) is 17.0. The number of hydrogen-bond acceptors (Lipinski definition) is 1. The molecule has 2 N–H and O–H groups in total. The van der Waals surface area contributed by atoms with Crippen molar-refractivity contribution in [2.45, 2.75) is 19.8 Å². The molecule has 2 heterocycles. The lowest BCUT2D eigenvalue weighted by molar-refractivity contribution is 0.872. The number of aromatic amines is 2. The predicted molar refractivity (Wildman–Crippen MR) is 53.0 cm³/mol.